The van der Waals surface area contributed by atoms with E-state index in [0.29, 0.717) is 16.7 Å². The first-order valence-corrected chi connectivity index (χ1v) is 3.64. The molecule has 5 heteroatoms. The summed E-state index contributed by atoms with van der Waals surface area (Å²) < 4.78 is 1.03. The number of aromatic nitrogens is 2. The largest absolute Gasteiger partial charge is 0.464 e. The van der Waals surface area contributed by atoms with Crippen LogP contribution in [0.2, 0.25) is 0 Å². The van der Waals surface area contributed by atoms with Crippen molar-refractivity contribution in [1.29, 1.82) is 0 Å². The average Bonchev–Trinajstić information content (AvgIpc) is 2.46. The van der Waals surface area contributed by atoms with Gasteiger partial charge in [0.25, 0.3) is 0 Å². The SMILES string of the molecule is Nc1ccc2ncn(C(=O)O)c2c1. The first-order valence-electron chi connectivity index (χ1n) is 3.64. The van der Waals surface area contributed by atoms with Gasteiger partial charge in [0.05, 0.1) is 11.0 Å². The highest BCUT2D eigenvalue weighted by Crippen LogP contribution is 2.15. The van der Waals surface area contributed by atoms with Crippen molar-refractivity contribution in [3.63, 3.8) is 0 Å². The van der Waals surface area contributed by atoms with Crippen LogP contribution in [0.4, 0.5) is 10.5 Å². The molecule has 0 aliphatic heterocycles. The highest BCUT2D eigenvalue weighted by molar-refractivity contribution is 5.87. The molecule has 66 valence electrons. The van der Waals surface area contributed by atoms with Crippen molar-refractivity contribution in [1.82, 2.24) is 9.55 Å². The van der Waals surface area contributed by atoms with Crippen LogP contribution in [-0.2, 0) is 0 Å². The van der Waals surface area contributed by atoms with Gasteiger partial charge in [0.15, 0.2) is 0 Å². The van der Waals surface area contributed by atoms with Crippen LogP contribution in [-0.4, -0.2) is 20.8 Å². The number of carboxylic acid groups (broad SMARTS) is 1. The summed E-state index contributed by atoms with van der Waals surface area (Å²) in [6, 6.07) is 4.95. The summed E-state index contributed by atoms with van der Waals surface area (Å²) in [7, 11) is 0. The Bertz CT molecular complexity index is 475. The van der Waals surface area contributed by atoms with Crippen LogP contribution in [0, 0.1) is 0 Å². The Morgan fingerprint density at radius 3 is 3.00 bits per heavy atom. The fourth-order valence-corrected chi connectivity index (χ4v) is 1.18. The molecule has 2 aromatic rings. The van der Waals surface area contributed by atoms with Crippen LogP contribution in [0.25, 0.3) is 11.0 Å². The highest BCUT2D eigenvalue weighted by atomic mass is 16.4. The normalized spacial score (nSPS) is 10.5. The Labute approximate surface area is 73.4 Å². The van der Waals surface area contributed by atoms with Crippen molar-refractivity contribution in [2.75, 3.05) is 5.73 Å². The van der Waals surface area contributed by atoms with Gasteiger partial charge in [-0.05, 0) is 18.2 Å². The lowest BCUT2D eigenvalue weighted by atomic mass is 10.3. The van der Waals surface area contributed by atoms with Gasteiger partial charge in [-0.15, -0.1) is 0 Å². The summed E-state index contributed by atoms with van der Waals surface area (Å²) in [6.45, 7) is 0. The molecule has 0 radical (unpaired) electrons. The number of benzene rings is 1. The van der Waals surface area contributed by atoms with Crippen LogP contribution in [0.1, 0.15) is 0 Å². The summed E-state index contributed by atoms with van der Waals surface area (Å²) >= 11 is 0. The van der Waals surface area contributed by atoms with Gasteiger partial charge in [-0.2, -0.15) is 0 Å². The molecule has 0 aliphatic rings. The van der Waals surface area contributed by atoms with E-state index >= 15 is 0 Å². The van der Waals surface area contributed by atoms with E-state index in [1.54, 1.807) is 18.2 Å². The molecule has 3 N–H and O–H groups in total. The fourth-order valence-electron chi connectivity index (χ4n) is 1.18. The van der Waals surface area contributed by atoms with E-state index in [1.807, 2.05) is 0 Å². The van der Waals surface area contributed by atoms with Crippen molar-refractivity contribution >= 4 is 22.8 Å². The third-order valence-corrected chi connectivity index (χ3v) is 1.78. The van der Waals surface area contributed by atoms with Gasteiger partial charge >= 0.3 is 6.09 Å². The lowest BCUT2D eigenvalue weighted by Crippen LogP contribution is -2.05. The second-order valence-electron chi connectivity index (χ2n) is 2.65. The highest BCUT2D eigenvalue weighted by Gasteiger charge is 2.07. The van der Waals surface area contributed by atoms with Crippen LogP contribution >= 0.6 is 0 Å². The molecule has 13 heavy (non-hydrogen) atoms. The summed E-state index contributed by atoms with van der Waals surface area (Å²) in [6.07, 6.45) is 0.194. The van der Waals surface area contributed by atoms with Crippen molar-refractivity contribution in [2.24, 2.45) is 0 Å². The van der Waals surface area contributed by atoms with E-state index in [1.165, 1.54) is 6.33 Å². The van der Waals surface area contributed by atoms with Crippen LogP contribution in [0.3, 0.4) is 0 Å². The van der Waals surface area contributed by atoms with Crippen molar-refractivity contribution < 1.29 is 9.90 Å². The van der Waals surface area contributed by atoms with Gasteiger partial charge in [-0.1, -0.05) is 0 Å². The van der Waals surface area contributed by atoms with Crippen LogP contribution in [0.5, 0.6) is 0 Å². The van der Waals surface area contributed by atoms with Gasteiger partial charge in [-0.3, -0.25) is 0 Å². The lowest BCUT2D eigenvalue weighted by molar-refractivity contribution is 0.197. The number of nitrogens with zero attached hydrogens (tertiary/aromatic N) is 2. The predicted molar refractivity (Wildman–Crippen MR) is 47.6 cm³/mol. The molecule has 0 bridgehead atoms. The Hall–Kier alpha value is -2.04. The number of fused-ring (bicyclic) bond motifs is 1. The smallest absolute Gasteiger partial charge is 0.417 e. The lowest BCUT2D eigenvalue weighted by Gasteiger charge is -1.96. The molecular formula is C8H7N3O2. The predicted octanol–water partition coefficient (Wildman–Crippen LogP) is 1.14. The van der Waals surface area contributed by atoms with Crippen LogP contribution in [0.15, 0.2) is 24.5 Å². The number of hydrogen-bond donors (Lipinski definition) is 2. The standard InChI is InChI=1S/C8H7N3O2/c9-5-1-2-6-7(3-5)11(4-10-6)8(12)13/h1-4H,9H2,(H,12,13). The minimum atomic E-state index is -1.06. The third-order valence-electron chi connectivity index (χ3n) is 1.78. The zero-order chi connectivity index (χ0) is 9.42. The van der Waals surface area contributed by atoms with Gasteiger partial charge in [0.2, 0.25) is 0 Å². The summed E-state index contributed by atoms with van der Waals surface area (Å²) in [5.74, 6) is 0. The quantitative estimate of drug-likeness (QED) is 0.591. The maximum atomic E-state index is 10.7. The van der Waals surface area contributed by atoms with E-state index in [2.05, 4.69) is 4.98 Å². The number of imidazole rings is 1. The molecule has 1 heterocycles. The molecule has 0 unspecified atom stereocenters. The molecule has 0 amide bonds. The maximum absolute atomic E-state index is 10.7. The molecule has 1 aromatic heterocycles. The second-order valence-corrected chi connectivity index (χ2v) is 2.65. The topological polar surface area (TPSA) is 81.1 Å². The van der Waals surface area contributed by atoms with Crippen molar-refractivity contribution in [2.45, 2.75) is 0 Å². The molecule has 0 spiro atoms. The fraction of sp³-hybridized carbons (Fsp3) is 0. The number of nitrogen functional groups attached to an aromatic ring is 1. The summed E-state index contributed by atoms with van der Waals surface area (Å²) in [5, 5.41) is 8.74. The monoisotopic (exact) mass is 177 g/mol. The zero-order valence-corrected chi connectivity index (χ0v) is 6.64. The minimum Gasteiger partial charge on any atom is -0.464 e. The number of nitrogens with two attached hydrogens (primary N) is 1. The molecule has 1 aromatic carbocycles. The second kappa shape index (κ2) is 2.48. The van der Waals surface area contributed by atoms with E-state index < -0.39 is 6.09 Å². The summed E-state index contributed by atoms with van der Waals surface area (Å²) in [4.78, 5) is 14.6. The van der Waals surface area contributed by atoms with Gasteiger partial charge < -0.3 is 10.8 Å². The third kappa shape index (κ3) is 1.10. The number of rotatable bonds is 0. The maximum Gasteiger partial charge on any atom is 0.417 e. The van der Waals surface area contributed by atoms with E-state index in [-0.39, 0.29) is 0 Å². The van der Waals surface area contributed by atoms with Crippen molar-refractivity contribution in [3.05, 3.63) is 24.5 Å². The Balaban J connectivity index is 2.79. The first kappa shape index (κ1) is 7.60. The number of anilines is 1. The van der Waals surface area contributed by atoms with Crippen molar-refractivity contribution in [3.8, 4) is 0 Å². The molecule has 0 saturated heterocycles. The number of hydrogen-bond acceptors (Lipinski definition) is 3. The molecule has 0 aliphatic carbocycles. The van der Waals surface area contributed by atoms with E-state index in [4.69, 9.17) is 10.8 Å². The Kier molecular flexibility index (Phi) is 1.45. The Morgan fingerprint density at radius 2 is 2.31 bits per heavy atom. The molecular weight excluding hydrogens is 170 g/mol. The molecule has 2 rings (SSSR count). The molecule has 0 saturated carbocycles. The van der Waals surface area contributed by atoms with Gasteiger partial charge in [-0.25, -0.2) is 14.3 Å². The van der Waals surface area contributed by atoms with Gasteiger partial charge in [0, 0.05) is 5.69 Å². The van der Waals surface area contributed by atoms with E-state index in [9.17, 15) is 4.79 Å². The average molecular weight is 177 g/mol. The molecule has 5 nitrogen and oxygen atoms in total. The molecule has 0 fully saturated rings. The van der Waals surface area contributed by atoms with Crippen LogP contribution < -0.4 is 5.73 Å². The van der Waals surface area contributed by atoms with E-state index in [0.717, 1.165) is 4.57 Å². The molecule has 0 atom stereocenters. The summed E-state index contributed by atoms with van der Waals surface area (Å²) in [5.41, 5.74) is 7.17. The minimum absolute atomic E-state index is 0.507. The Morgan fingerprint density at radius 1 is 1.54 bits per heavy atom. The first-order chi connectivity index (χ1) is 6.18. The van der Waals surface area contributed by atoms with Gasteiger partial charge in [0.1, 0.15) is 6.33 Å². The number of carbonyl (C=O) groups is 1. The zero-order valence-electron chi connectivity index (χ0n) is 6.64.